The Kier molecular flexibility index (Phi) is 4.82. The smallest absolute Gasteiger partial charge is 0.165 e. The number of nitrogens with one attached hydrogen (secondary N) is 1. The summed E-state index contributed by atoms with van der Waals surface area (Å²) in [5.74, 6) is 1.75. The van der Waals surface area contributed by atoms with Crippen LogP contribution in [0.1, 0.15) is 36.5 Å². The fourth-order valence-electron chi connectivity index (χ4n) is 2.67. The van der Waals surface area contributed by atoms with E-state index in [2.05, 4.69) is 19.2 Å². The number of ether oxygens (including phenoxy) is 2. The molecule has 2 aromatic rings. The lowest BCUT2D eigenvalue weighted by molar-refractivity contribution is 0.169. The minimum atomic E-state index is -0.154. The Morgan fingerprint density at radius 1 is 1.04 bits per heavy atom. The number of rotatable bonds is 5. The van der Waals surface area contributed by atoms with E-state index in [1.165, 1.54) is 0 Å². The van der Waals surface area contributed by atoms with Crippen molar-refractivity contribution in [3.63, 3.8) is 0 Å². The molecule has 0 aromatic heterocycles. The van der Waals surface area contributed by atoms with E-state index in [4.69, 9.17) is 9.47 Å². The van der Waals surface area contributed by atoms with Gasteiger partial charge in [0, 0.05) is 24.2 Å². The normalized spacial score (nSPS) is 13.4. The maximum Gasteiger partial charge on any atom is 0.165 e. The maximum absolute atomic E-state index is 14.1. The van der Waals surface area contributed by atoms with Gasteiger partial charge in [0.1, 0.15) is 19.0 Å². The van der Waals surface area contributed by atoms with Crippen molar-refractivity contribution in [2.45, 2.75) is 32.9 Å². The Morgan fingerprint density at radius 2 is 1.83 bits per heavy atom. The fourth-order valence-corrected chi connectivity index (χ4v) is 2.67. The van der Waals surface area contributed by atoms with Gasteiger partial charge in [-0.15, -0.1) is 0 Å². The predicted octanol–water partition coefficient (Wildman–Crippen LogP) is 4.01. The molecule has 0 bridgehead atoms. The first-order chi connectivity index (χ1) is 11.1. The zero-order valence-electron chi connectivity index (χ0n) is 13.6. The number of hydrogen-bond acceptors (Lipinski definition) is 3. The third kappa shape index (κ3) is 3.64. The van der Waals surface area contributed by atoms with Gasteiger partial charge in [0.05, 0.1) is 0 Å². The standard InChI is InChI=1S/C19H22FNO2/c1-13(2)14-6-7-15(17(20)10-14)11-21-12-16-4-3-5-18-19(16)23-9-8-22-18/h3-7,10,13,21H,8-9,11-12H2,1-2H3. The molecule has 2 aromatic carbocycles. The molecule has 0 unspecified atom stereocenters. The molecular formula is C19H22FNO2. The monoisotopic (exact) mass is 315 g/mol. The molecule has 0 atom stereocenters. The van der Waals surface area contributed by atoms with Crippen molar-refractivity contribution in [2.75, 3.05) is 13.2 Å². The summed E-state index contributed by atoms with van der Waals surface area (Å²) < 4.78 is 25.4. The van der Waals surface area contributed by atoms with Gasteiger partial charge in [0.25, 0.3) is 0 Å². The highest BCUT2D eigenvalue weighted by molar-refractivity contribution is 5.47. The van der Waals surface area contributed by atoms with E-state index in [9.17, 15) is 4.39 Å². The van der Waals surface area contributed by atoms with Crippen molar-refractivity contribution >= 4 is 0 Å². The second-order valence-corrected chi connectivity index (χ2v) is 6.05. The summed E-state index contributed by atoms with van der Waals surface area (Å²) >= 11 is 0. The van der Waals surface area contributed by atoms with E-state index < -0.39 is 0 Å². The van der Waals surface area contributed by atoms with E-state index in [1.807, 2.05) is 30.3 Å². The van der Waals surface area contributed by atoms with Crippen molar-refractivity contribution in [3.8, 4) is 11.5 Å². The van der Waals surface area contributed by atoms with Crippen LogP contribution in [-0.4, -0.2) is 13.2 Å². The van der Waals surface area contributed by atoms with Crippen molar-refractivity contribution in [2.24, 2.45) is 0 Å². The van der Waals surface area contributed by atoms with Gasteiger partial charge < -0.3 is 14.8 Å². The van der Waals surface area contributed by atoms with Gasteiger partial charge >= 0.3 is 0 Å². The summed E-state index contributed by atoms with van der Waals surface area (Å²) in [6, 6.07) is 11.3. The molecule has 1 heterocycles. The average molecular weight is 315 g/mol. The van der Waals surface area contributed by atoms with Crippen LogP contribution in [0.5, 0.6) is 11.5 Å². The third-order valence-electron chi connectivity index (χ3n) is 4.02. The zero-order chi connectivity index (χ0) is 16.2. The molecule has 0 saturated heterocycles. The topological polar surface area (TPSA) is 30.5 Å². The number of para-hydroxylation sites is 1. The summed E-state index contributed by atoms with van der Waals surface area (Å²) in [7, 11) is 0. The Balaban J connectivity index is 1.64. The van der Waals surface area contributed by atoms with Crippen LogP contribution in [0.3, 0.4) is 0 Å². The van der Waals surface area contributed by atoms with Crippen LogP contribution >= 0.6 is 0 Å². The molecule has 0 fully saturated rings. The number of benzene rings is 2. The first-order valence-corrected chi connectivity index (χ1v) is 8.01. The third-order valence-corrected chi connectivity index (χ3v) is 4.02. The second kappa shape index (κ2) is 7.01. The molecule has 4 heteroatoms. The van der Waals surface area contributed by atoms with Crippen LogP contribution < -0.4 is 14.8 Å². The van der Waals surface area contributed by atoms with Crippen LogP contribution in [0.2, 0.25) is 0 Å². The molecule has 1 aliphatic heterocycles. The van der Waals surface area contributed by atoms with E-state index >= 15 is 0 Å². The summed E-state index contributed by atoms with van der Waals surface area (Å²) in [6.07, 6.45) is 0. The first kappa shape index (κ1) is 15.8. The SMILES string of the molecule is CC(C)c1ccc(CNCc2cccc3c2OCCO3)c(F)c1. The lowest BCUT2D eigenvalue weighted by atomic mass is 10.0. The van der Waals surface area contributed by atoms with Gasteiger partial charge in [0.15, 0.2) is 11.5 Å². The molecule has 3 rings (SSSR count). The molecule has 1 N–H and O–H groups in total. The van der Waals surface area contributed by atoms with Gasteiger partial charge in [-0.1, -0.05) is 38.1 Å². The molecule has 1 aliphatic rings. The van der Waals surface area contributed by atoms with Gasteiger partial charge in [-0.3, -0.25) is 0 Å². The lowest BCUT2D eigenvalue weighted by Crippen LogP contribution is -2.19. The minimum absolute atomic E-state index is 0.154. The van der Waals surface area contributed by atoms with Crippen LogP contribution in [0, 0.1) is 5.82 Å². The number of hydrogen-bond donors (Lipinski definition) is 1. The van der Waals surface area contributed by atoms with E-state index in [-0.39, 0.29) is 5.82 Å². The zero-order valence-corrected chi connectivity index (χ0v) is 13.6. The Hall–Kier alpha value is -2.07. The quantitative estimate of drug-likeness (QED) is 0.904. The molecular weight excluding hydrogens is 293 g/mol. The highest BCUT2D eigenvalue weighted by Gasteiger charge is 2.15. The van der Waals surface area contributed by atoms with Gasteiger partial charge in [-0.05, 0) is 23.6 Å². The van der Waals surface area contributed by atoms with Gasteiger partial charge in [0.2, 0.25) is 0 Å². The van der Waals surface area contributed by atoms with Crippen molar-refractivity contribution < 1.29 is 13.9 Å². The van der Waals surface area contributed by atoms with E-state index in [0.717, 1.165) is 22.6 Å². The highest BCUT2D eigenvalue weighted by Crippen LogP contribution is 2.33. The van der Waals surface area contributed by atoms with Crippen LogP contribution in [0.4, 0.5) is 4.39 Å². The van der Waals surface area contributed by atoms with Gasteiger partial charge in [-0.2, -0.15) is 0 Å². The molecule has 0 aliphatic carbocycles. The lowest BCUT2D eigenvalue weighted by Gasteiger charge is -2.21. The number of halogens is 1. The average Bonchev–Trinajstić information content (AvgIpc) is 2.56. The van der Waals surface area contributed by atoms with Crippen LogP contribution in [0.25, 0.3) is 0 Å². The molecule has 23 heavy (non-hydrogen) atoms. The number of fused-ring (bicyclic) bond motifs is 1. The fraction of sp³-hybridized carbons (Fsp3) is 0.368. The van der Waals surface area contributed by atoms with Gasteiger partial charge in [-0.25, -0.2) is 4.39 Å². The highest BCUT2D eigenvalue weighted by atomic mass is 19.1. The molecule has 0 radical (unpaired) electrons. The minimum Gasteiger partial charge on any atom is -0.486 e. The molecule has 3 nitrogen and oxygen atoms in total. The molecule has 0 spiro atoms. The largest absolute Gasteiger partial charge is 0.486 e. The molecule has 0 amide bonds. The van der Waals surface area contributed by atoms with Crippen molar-refractivity contribution in [1.82, 2.24) is 5.32 Å². The van der Waals surface area contributed by atoms with Crippen LogP contribution in [-0.2, 0) is 13.1 Å². The molecule has 122 valence electrons. The van der Waals surface area contributed by atoms with Crippen LogP contribution in [0.15, 0.2) is 36.4 Å². The Morgan fingerprint density at radius 3 is 2.61 bits per heavy atom. The summed E-state index contributed by atoms with van der Waals surface area (Å²) in [4.78, 5) is 0. The maximum atomic E-state index is 14.1. The second-order valence-electron chi connectivity index (χ2n) is 6.05. The van der Waals surface area contributed by atoms with Crippen molar-refractivity contribution in [3.05, 3.63) is 58.9 Å². The predicted molar refractivity (Wildman–Crippen MR) is 88.5 cm³/mol. The molecule has 0 saturated carbocycles. The summed E-state index contributed by atoms with van der Waals surface area (Å²) in [6.45, 7) is 6.36. The van der Waals surface area contributed by atoms with E-state index in [1.54, 1.807) is 6.07 Å². The van der Waals surface area contributed by atoms with E-state index in [0.29, 0.717) is 37.8 Å². The summed E-state index contributed by atoms with van der Waals surface area (Å²) in [5, 5.41) is 3.28. The summed E-state index contributed by atoms with van der Waals surface area (Å²) in [5.41, 5.74) is 2.73. The first-order valence-electron chi connectivity index (χ1n) is 8.01. The van der Waals surface area contributed by atoms with Crippen molar-refractivity contribution in [1.29, 1.82) is 0 Å². The Bertz CT molecular complexity index is 685. The Labute approximate surface area is 136 Å².